The second-order valence-electron chi connectivity index (χ2n) is 2.05. The van der Waals surface area contributed by atoms with Crippen LogP contribution >= 0.6 is 7.91 Å². The number of rotatable bonds is 3. The first-order chi connectivity index (χ1) is 5.41. The molecule has 0 aromatic rings. The molecule has 0 bridgehead atoms. The second kappa shape index (κ2) is 3.06. The fourth-order valence-corrected chi connectivity index (χ4v) is 1.94. The molecule has 3 nitrogen and oxygen atoms in total. The number of hydrogen-bond acceptors (Lipinski definition) is 3. The van der Waals surface area contributed by atoms with E-state index in [1.807, 2.05) is 0 Å². The van der Waals surface area contributed by atoms with Crippen LogP contribution in [0, 0.1) is 0 Å². The van der Waals surface area contributed by atoms with Crippen LogP contribution in [-0.4, -0.2) is 26.2 Å². The normalized spacial score (nSPS) is 29.9. The van der Waals surface area contributed by atoms with Crippen molar-refractivity contribution in [1.82, 2.24) is 0 Å². The van der Waals surface area contributed by atoms with Gasteiger partial charge in [-0.1, -0.05) is 0 Å². The Morgan fingerprint density at radius 1 is 1.25 bits per heavy atom. The van der Waals surface area contributed by atoms with E-state index in [-0.39, 0.29) is 13.2 Å². The SMILES string of the molecule is FC(F)COP1(F)(F)OCCO1. The van der Waals surface area contributed by atoms with Crippen LogP contribution in [0.25, 0.3) is 0 Å². The molecule has 0 aromatic heterocycles. The number of hydrogen-bond donors (Lipinski definition) is 0. The molecule has 12 heavy (non-hydrogen) atoms. The van der Waals surface area contributed by atoms with Crippen molar-refractivity contribution in [2.75, 3.05) is 19.8 Å². The first kappa shape index (κ1) is 10.1. The Labute approximate surface area is 66.0 Å². The van der Waals surface area contributed by atoms with E-state index >= 15 is 0 Å². The maximum absolute atomic E-state index is 12.8. The van der Waals surface area contributed by atoms with Crippen molar-refractivity contribution < 1.29 is 30.7 Å². The molecule has 8 heteroatoms. The van der Waals surface area contributed by atoms with Crippen LogP contribution in [0.3, 0.4) is 0 Å². The van der Waals surface area contributed by atoms with E-state index in [9.17, 15) is 17.2 Å². The van der Waals surface area contributed by atoms with E-state index in [0.29, 0.717) is 0 Å². The summed E-state index contributed by atoms with van der Waals surface area (Å²) >= 11 is 0. The van der Waals surface area contributed by atoms with Gasteiger partial charge in [-0.2, -0.15) is 0 Å². The molecule has 0 aliphatic carbocycles. The first-order valence-corrected chi connectivity index (χ1v) is 4.87. The Balaban J connectivity index is 2.46. The molecular formula is C4H7F4O3P. The molecule has 0 aromatic carbocycles. The second-order valence-corrected chi connectivity index (χ2v) is 4.23. The zero-order chi connectivity index (χ0) is 9.27. The van der Waals surface area contributed by atoms with Crippen LogP contribution in [0.4, 0.5) is 17.2 Å². The van der Waals surface area contributed by atoms with E-state index in [1.54, 1.807) is 0 Å². The average Bonchev–Trinajstić information content (AvgIpc) is 2.30. The van der Waals surface area contributed by atoms with Crippen LogP contribution in [0.2, 0.25) is 0 Å². The van der Waals surface area contributed by atoms with E-state index in [4.69, 9.17) is 0 Å². The number of halogens is 4. The van der Waals surface area contributed by atoms with Crippen LogP contribution in [-0.2, 0) is 13.6 Å². The first-order valence-electron chi connectivity index (χ1n) is 3.10. The molecular weight excluding hydrogens is 203 g/mol. The van der Waals surface area contributed by atoms with Crippen LogP contribution in [0.15, 0.2) is 0 Å². The van der Waals surface area contributed by atoms with Gasteiger partial charge in [0.15, 0.2) is 0 Å². The van der Waals surface area contributed by atoms with E-state index in [0.717, 1.165) is 0 Å². The Bertz CT molecular complexity index is 166. The number of alkyl halides is 2. The van der Waals surface area contributed by atoms with Crippen LogP contribution in [0.5, 0.6) is 0 Å². The van der Waals surface area contributed by atoms with Crippen LogP contribution < -0.4 is 0 Å². The van der Waals surface area contributed by atoms with Crippen molar-refractivity contribution in [3.63, 3.8) is 0 Å². The third-order valence-electron chi connectivity index (χ3n) is 1.08. The van der Waals surface area contributed by atoms with Crippen molar-refractivity contribution in [2.24, 2.45) is 0 Å². The van der Waals surface area contributed by atoms with E-state index in [2.05, 4.69) is 13.6 Å². The Morgan fingerprint density at radius 2 is 1.75 bits per heavy atom. The molecule has 0 N–H and O–H groups in total. The summed E-state index contributed by atoms with van der Waals surface area (Å²) in [6.07, 6.45) is -2.96. The summed E-state index contributed by atoms with van der Waals surface area (Å²) in [5.41, 5.74) is 0. The quantitative estimate of drug-likeness (QED) is 0.528. The van der Waals surface area contributed by atoms with Gasteiger partial charge in [0.1, 0.15) is 0 Å². The third kappa shape index (κ3) is 2.52. The van der Waals surface area contributed by atoms with Gasteiger partial charge in [-0.05, 0) is 0 Å². The zero-order valence-electron chi connectivity index (χ0n) is 5.88. The maximum atomic E-state index is 12.8. The monoisotopic (exact) mass is 210 g/mol. The van der Waals surface area contributed by atoms with Gasteiger partial charge in [-0.25, -0.2) is 0 Å². The standard InChI is InChI=1S/C4H7F4O3P/c5-4(6)3-11-12(7,8)9-1-2-10-12/h4H,1-3H2. The van der Waals surface area contributed by atoms with Gasteiger partial charge in [-0.15, -0.1) is 0 Å². The summed E-state index contributed by atoms with van der Waals surface area (Å²) in [4.78, 5) is 0. The molecule has 0 spiro atoms. The van der Waals surface area contributed by atoms with Crippen molar-refractivity contribution >= 4 is 7.91 Å². The van der Waals surface area contributed by atoms with Gasteiger partial charge in [-0.3, -0.25) is 0 Å². The summed E-state index contributed by atoms with van der Waals surface area (Å²) in [6.45, 7) is -2.02. The zero-order valence-corrected chi connectivity index (χ0v) is 6.78. The molecule has 1 rings (SSSR count). The van der Waals surface area contributed by atoms with Gasteiger partial charge in [0.05, 0.1) is 0 Å². The Morgan fingerprint density at radius 3 is 2.17 bits per heavy atom. The molecule has 0 unspecified atom stereocenters. The van der Waals surface area contributed by atoms with Crippen molar-refractivity contribution in [3.05, 3.63) is 0 Å². The van der Waals surface area contributed by atoms with Gasteiger partial charge < -0.3 is 0 Å². The van der Waals surface area contributed by atoms with Crippen LogP contribution in [0.1, 0.15) is 0 Å². The Hall–Kier alpha value is 0.0300. The van der Waals surface area contributed by atoms with Crippen molar-refractivity contribution in [3.8, 4) is 0 Å². The summed E-state index contributed by atoms with van der Waals surface area (Å²) in [5, 5.41) is 0. The third-order valence-corrected chi connectivity index (χ3v) is 2.81. The molecule has 1 saturated heterocycles. The molecule has 0 amide bonds. The Kier molecular flexibility index (Phi) is 2.58. The van der Waals surface area contributed by atoms with Gasteiger partial charge in [0.2, 0.25) is 0 Å². The molecule has 1 aliphatic rings. The minimum absolute atomic E-state index is 0.325. The van der Waals surface area contributed by atoms with Gasteiger partial charge in [0, 0.05) is 0 Å². The van der Waals surface area contributed by atoms with Gasteiger partial charge >= 0.3 is 64.9 Å². The summed E-state index contributed by atoms with van der Waals surface area (Å²) in [5.74, 6) is 0. The predicted molar refractivity (Wildman–Crippen MR) is 33.0 cm³/mol. The minimum atomic E-state index is -6.09. The summed E-state index contributed by atoms with van der Waals surface area (Å²) in [6, 6.07) is 0. The van der Waals surface area contributed by atoms with Crippen molar-refractivity contribution in [2.45, 2.75) is 6.43 Å². The molecule has 0 atom stereocenters. The predicted octanol–water partition coefficient (Wildman–Crippen LogP) is 2.38. The fourth-order valence-electron chi connectivity index (χ4n) is 0.647. The summed E-state index contributed by atoms with van der Waals surface area (Å²) in [7, 11) is -6.09. The molecule has 0 saturated carbocycles. The van der Waals surface area contributed by atoms with E-state index < -0.39 is 20.9 Å². The molecule has 0 radical (unpaired) electrons. The topological polar surface area (TPSA) is 27.7 Å². The molecule has 1 aliphatic heterocycles. The fraction of sp³-hybridized carbons (Fsp3) is 1.00. The van der Waals surface area contributed by atoms with Gasteiger partial charge in [0.25, 0.3) is 0 Å². The molecule has 74 valence electrons. The summed E-state index contributed by atoms with van der Waals surface area (Å²) < 4.78 is 60.0. The van der Waals surface area contributed by atoms with Crippen molar-refractivity contribution in [1.29, 1.82) is 0 Å². The average molecular weight is 210 g/mol. The molecule has 1 fully saturated rings. The molecule has 1 heterocycles. The van der Waals surface area contributed by atoms with E-state index in [1.165, 1.54) is 0 Å².